The first-order valence-corrected chi connectivity index (χ1v) is 8.47. The fourth-order valence-corrected chi connectivity index (χ4v) is 3.51. The summed E-state index contributed by atoms with van der Waals surface area (Å²) in [6.07, 6.45) is 1.29. The molecule has 2 heterocycles. The summed E-state index contributed by atoms with van der Waals surface area (Å²) in [6, 6.07) is 1.35. The van der Waals surface area contributed by atoms with Gasteiger partial charge in [-0.3, -0.25) is 14.4 Å². The first-order chi connectivity index (χ1) is 12.7. The number of aromatic nitrogens is 2. The molecule has 0 aromatic carbocycles. The molecule has 2 rings (SSSR count). The number of carboxylic acid groups (broad SMARTS) is 1. The number of methoxy groups -OCH3 is 1. The van der Waals surface area contributed by atoms with E-state index in [0.717, 1.165) is 16.0 Å². The number of esters is 1. The fraction of sp³-hybridized carbons (Fsp3) is 0.312. The Kier molecular flexibility index (Phi) is 5.95. The fourth-order valence-electron chi connectivity index (χ4n) is 2.30. The van der Waals surface area contributed by atoms with Crippen LogP contribution in [0, 0.1) is 6.92 Å². The number of nitrogens with one attached hydrogen (secondary N) is 1. The number of carbonyl (C=O) groups excluding carboxylic acids is 3. The van der Waals surface area contributed by atoms with Crippen LogP contribution >= 0.6 is 11.3 Å². The number of ether oxygens (including phenoxy) is 1. The van der Waals surface area contributed by atoms with Gasteiger partial charge in [0.2, 0.25) is 0 Å². The van der Waals surface area contributed by atoms with Crippen LogP contribution in [0.2, 0.25) is 0 Å². The topological polar surface area (TPSA) is 131 Å². The third-order valence-corrected chi connectivity index (χ3v) is 4.79. The summed E-state index contributed by atoms with van der Waals surface area (Å²) < 4.78 is 5.77. The Morgan fingerprint density at radius 2 is 2.00 bits per heavy atom. The van der Waals surface area contributed by atoms with Gasteiger partial charge in [0.25, 0.3) is 11.8 Å². The first kappa shape index (κ1) is 20.1. The van der Waals surface area contributed by atoms with E-state index in [2.05, 4.69) is 10.4 Å². The average Bonchev–Trinajstić information content (AvgIpc) is 3.17. The number of carboxylic acids is 1. The predicted octanol–water partition coefficient (Wildman–Crippen LogP) is 1.08. The molecule has 10 nitrogen and oxygen atoms in total. The minimum Gasteiger partial charge on any atom is -0.480 e. The lowest BCUT2D eigenvalue weighted by molar-refractivity contribution is -0.137. The van der Waals surface area contributed by atoms with Gasteiger partial charge < -0.3 is 20.1 Å². The summed E-state index contributed by atoms with van der Waals surface area (Å²) in [5.41, 5.74) is 0.463. The quantitative estimate of drug-likeness (QED) is 0.701. The molecule has 27 heavy (non-hydrogen) atoms. The molecule has 0 fully saturated rings. The number of nitrogens with zero attached hydrogens (tertiary/aromatic N) is 3. The van der Waals surface area contributed by atoms with E-state index in [1.807, 2.05) is 0 Å². The SMILES string of the molecule is COC(=O)c1c(NC(=O)c2ccnn2CC(=O)O)sc(C(=O)N(C)C)c1C. The van der Waals surface area contributed by atoms with E-state index >= 15 is 0 Å². The Morgan fingerprint density at radius 3 is 2.56 bits per heavy atom. The minimum absolute atomic E-state index is 0.000227. The number of hydrogen-bond acceptors (Lipinski definition) is 7. The van der Waals surface area contributed by atoms with Crippen LogP contribution in [0.3, 0.4) is 0 Å². The highest BCUT2D eigenvalue weighted by atomic mass is 32.1. The van der Waals surface area contributed by atoms with Gasteiger partial charge >= 0.3 is 11.9 Å². The van der Waals surface area contributed by atoms with E-state index in [9.17, 15) is 19.2 Å². The maximum atomic E-state index is 12.6. The van der Waals surface area contributed by atoms with E-state index in [1.54, 1.807) is 21.0 Å². The number of anilines is 1. The molecule has 0 aliphatic carbocycles. The van der Waals surface area contributed by atoms with E-state index < -0.39 is 24.4 Å². The van der Waals surface area contributed by atoms with Gasteiger partial charge in [-0.15, -0.1) is 11.3 Å². The van der Waals surface area contributed by atoms with Crippen molar-refractivity contribution in [3.8, 4) is 0 Å². The van der Waals surface area contributed by atoms with Crippen LogP contribution < -0.4 is 5.32 Å². The molecule has 0 aliphatic heterocycles. The number of aliphatic carboxylic acids is 1. The largest absolute Gasteiger partial charge is 0.480 e. The smallest absolute Gasteiger partial charge is 0.341 e. The van der Waals surface area contributed by atoms with Gasteiger partial charge in [0.15, 0.2) is 0 Å². The van der Waals surface area contributed by atoms with Crippen molar-refractivity contribution in [1.82, 2.24) is 14.7 Å². The lowest BCUT2D eigenvalue weighted by atomic mass is 10.1. The zero-order chi connectivity index (χ0) is 20.3. The Morgan fingerprint density at radius 1 is 1.33 bits per heavy atom. The van der Waals surface area contributed by atoms with E-state index in [1.165, 1.54) is 24.3 Å². The Bertz CT molecular complexity index is 914. The average molecular weight is 394 g/mol. The molecule has 0 atom stereocenters. The zero-order valence-electron chi connectivity index (χ0n) is 15.1. The van der Waals surface area contributed by atoms with Crippen LogP contribution in [0.1, 0.15) is 36.1 Å². The number of rotatable bonds is 6. The minimum atomic E-state index is -1.16. The van der Waals surface area contributed by atoms with Gasteiger partial charge in [-0.1, -0.05) is 0 Å². The van der Waals surface area contributed by atoms with Gasteiger partial charge in [-0.05, 0) is 18.6 Å². The van der Waals surface area contributed by atoms with Crippen molar-refractivity contribution in [1.29, 1.82) is 0 Å². The Labute approximate surface area is 158 Å². The second kappa shape index (κ2) is 7.99. The van der Waals surface area contributed by atoms with Crippen LogP contribution in [-0.2, 0) is 16.1 Å². The Balaban J connectivity index is 2.43. The van der Waals surface area contributed by atoms with E-state index in [0.29, 0.717) is 5.56 Å². The number of carbonyl (C=O) groups is 4. The summed E-state index contributed by atoms with van der Waals surface area (Å²) in [5.74, 6) is -2.84. The molecule has 144 valence electrons. The molecule has 0 saturated carbocycles. The molecule has 0 bridgehead atoms. The summed E-state index contributed by atoms with van der Waals surface area (Å²) in [6.45, 7) is 1.09. The predicted molar refractivity (Wildman–Crippen MR) is 96.2 cm³/mol. The molecule has 0 unspecified atom stereocenters. The van der Waals surface area contributed by atoms with Gasteiger partial charge in [-0.2, -0.15) is 5.10 Å². The van der Waals surface area contributed by atoms with Gasteiger partial charge in [-0.25, -0.2) is 9.48 Å². The molecule has 2 aromatic rings. The summed E-state index contributed by atoms with van der Waals surface area (Å²) in [7, 11) is 4.34. The summed E-state index contributed by atoms with van der Waals surface area (Å²) >= 11 is 0.942. The van der Waals surface area contributed by atoms with Crippen LogP contribution in [0.5, 0.6) is 0 Å². The van der Waals surface area contributed by atoms with Crippen molar-refractivity contribution in [2.24, 2.45) is 0 Å². The third kappa shape index (κ3) is 4.14. The van der Waals surface area contributed by atoms with Crippen molar-refractivity contribution in [2.75, 3.05) is 26.5 Å². The molecular weight excluding hydrogens is 376 g/mol. The molecule has 2 amide bonds. The lowest BCUT2D eigenvalue weighted by Crippen LogP contribution is -2.21. The molecule has 2 N–H and O–H groups in total. The van der Waals surface area contributed by atoms with Crippen LogP contribution in [0.25, 0.3) is 0 Å². The maximum Gasteiger partial charge on any atom is 0.341 e. The number of thiophene rings is 1. The van der Waals surface area contributed by atoms with E-state index in [4.69, 9.17) is 9.84 Å². The normalized spacial score (nSPS) is 10.4. The lowest BCUT2D eigenvalue weighted by Gasteiger charge is -2.08. The Hall–Kier alpha value is -3.21. The summed E-state index contributed by atoms with van der Waals surface area (Å²) in [5, 5.41) is 15.4. The molecule has 11 heteroatoms. The van der Waals surface area contributed by atoms with Gasteiger partial charge in [0, 0.05) is 20.3 Å². The highest BCUT2D eigenvalue weighted by molar-refractivity contribution is 7.18. The van der Waals surface area contributed by atoms with E-state index in [-0.39, 0.29) is 27.0 Å². The molecule has 0 spiro atoms. The highest BCUT2D eigenvalue weighted by Crippen LogP contribution is 2.34. The van der Waals surface area contributed by atoms with Crippen molar-refractivity contribution in [2.45, 2.75) is 13.5 Å². The molecule has 2 aromatic heterocycles. The third-order valence-electron chi connectivity index (χ3n) is 3.60. The number of hydrogen-bond donors (Lipinski definition) is 2. The molecular formula is C16H18N4O6S. The van der Waals surface area contributed by atoms with Gasteiger partial charge in [0.1, 0.15) is 17.2 Å². The molecule has 0 radical (unpaired) electrons. The molecule has 0 aliphatic rings. The number of amides is 2. The first-order valence-electron chi connectivity index (χ1n) is 7.65. The van der Waals surface area contributed by atoms with Crippen LogP contribution in [-0.4, -0.2) is 64.7 Å². The zero-order valence-corrected chi connectivity index (χ0v) is 15.9. The van der Waals surface area contributed by atoms with Gasteiger partial charge in [0.05, 0.1) is 17.6 Å². The van der Waals surface area contributed by atoms with Crippen molar-refractivity contribution >= 4 is 40.1 Å². The van der Waals surface area contributed by atoms with Crippen LogP contribution in [0.15, 0.2) is 12.3 Å². The second-order valence-electron chi connectivity index (χ2n) is 5.67. The highest BCUT2D eigenvalue weighted by Gasteiger charge is 2.27. The van der Waals surface area contributed by atoms with Crippen molar-refractivity contribution in [3.63, 3.8) is 0 Å². The van der Waals surface area contributed by atoms with Crippen molar-refractivity contribution < 1.29 is 29.0 Å². The monoisotopic (exact) mass is 394 g/mol. The molecule has 0 saturated heterocycles. The maximum absolute atomic E-state index is 12.6. The standard InChI is InChI=1S/C16H18N4O6S/c1-8-11(16(25)26-4)14(27-12(8)15(24)19(2)3)18-13(23)9-5-6-17-20(9)7-10(21)22/h5-6H,7H2,1-4H3,(H,18,23)(H,21,22). The van der Waals surface area contributed by atoms with Crippen LogP contribution in [0.4, 0.5) is 5.00 Å². The van der Waals surface area contributed by atoms with Crippen molar-refractivity contribution in [3.05, 3.63) is 34.0 Å². The second-order valence-corrected chi connectivity index (χ2v) is 6.69. The summed E-state index contributed by atoms with van der Waals surface area (Å²) in [4.78, 5) is 49.6.